The number of imide groups is 6. The van der Waals surface area contributed by atoms with E-state index in [1.807, 2.05) is 12.1 Å². The van der Waals surface area contributed by atoms with E-state index in [2.05, 4.69) is 0 Å². The van der Waals surface area contributed by atoms with Crippen LogP contribution < -0.4 is 4.74 Å². The van der Waals surface area contributed by atoms with Crippen LogP contribution >= 0.6 is 45.3 Å². The lowest BCUT2D eigenvalue weighted by atomic mass is 9.78. The van der Waals surface area contributed by atoms with Crippen molar-refractivity contribution in [2.75, 3.05) is 0 Å². The monoisotopic (exact) mass is 964 g/mol. The van der Waals surface area contributed by atoms with Crippen LogP contribution in [0.2, 0.25) is 0 Å². The molecule has 2 aromatic carbocycles. The number of aromatic nitrogens is 2. The van der Waals surface area contributed by atoms with Crippen LogP contribution in [0.4, 0.5) is 9.59 Å². The molecule has 4 aliphatic rings. The fraction of sp³-hybridized carbons (Fsp3) is 0.208. The summed E-state index contributed by atoms with van der Waals surface area (Å²) in [5.41, 5.74) is 1.03. The summed E-state index contributed by atoms with van der Waals surface area (Å²) in [6, 6.07) is 21.3. The van der Waals surface area contributed by atoms with E-state index in [-0.39, 0.29) is 46.7 Å². The first-order valence-electron chi connectivity index (χ1n) is 20.8. The summed E-state index contributed by atoms with van der Waals surface area (Å²) in [4.78, 5) is 94.4. The Morgan fingerprint density at radius 2 is 1.13 bits per heavy atom. The summed E-state index contributed by atoms with van der Waals surface area (Å²) >= 11 is 5.54. The molecular formula is C48H32N6O9S4. The third-order valence-corrected chi connectivity index (χ3v) is 16.5. The van der Waals surface area contributed by atoms with E-state index in [4.69, 9.17) is 24.2 Å². The number of carbonyl (C=O) groups excluding carboxylic acids is 6. The van der Waals surface area contributed by atoms with Gasteiger partial charge >= 0.3 is 12.2 Å². The molecule has 1 aliphatic carbocycles. The number of thiazole rings is 2. The second-order valence-electron chi connectivity index (χ2n) is 15.9. The number of hydrogen-bond acceptors (Lipinski definition) is 17. The van der Waals surface area contributed by atoms with Gasteiger partial charge in [-0.1, -0.05) is 67.1 Å². The molecule has 1 spiro atoms. The fourth-order valence-corrected chi connectivity index (χ4v) is 13.5. The zero-order chi connectivity index (χ0) is 46.7. The molecule has 4 aromatic heterocycles. The number of fused-ring (bicyclic) bond motifs is 8. The standard InChI is InChI=1S/C48H32N6O9S4/c1-24-28(42(55)53(44(57)30(24)20-49)46(59)61-22-26-12-6-3-7-13-26)18-32-51-40-37(64-32)34-36(66-40)38-35(63-48(34)16-10-5-11-17-48)39-41(67-38)52-33(65-39)19-29-25(2)31(21-50)45(58)54(43(29)56)47(60)62-23-27-14-8-4-9-15-27/h3-4,6-9,12-15,18-19H,5,10-11,16-17,22-23H2,1-2H3/b28-18+,29-19+. The van der Waals surface area contributed by atoms with Gasteiger partial charge in [0.1, 0.15) is 66.5 Å². The second-order valence-corrected chi connectivity index (χ2v) is 20.0. The number of thiophene rings is 2. The minimum absolute atomic E-state index is 0.0314. The van der Waals surface area contributed by atoms with E-state index in [9.17, 15) is 39.3 Å². The van der Waals surface area contributed by atoms with Crippen molar-refractivity contribution in [2.45, 2.75) is 64.8 Å². The molecule has 3 aliphatic heterocycles. The number of hydrogen-bond donors (Lipinski definition) is 0. The van der Waals surface area contributed by atoms with E-state index in [0.29, 0.717) is 46.4 Å². The molecule has 0 N–H and O–H groups in total. The molecule has 0 bridgehead atoms. The summed E-state index contributed by atoms with van der Waals surface area (Å²) in [6.07, 6.45) is 4.88. The van der Waals surface area contributed by atoms with Gasteiger partial charge < -0.3 is 14.2 Å². The second kappa shape index (κ2) is 17.1. The lowest BCUT2D eigenvalue weighted by Crippen LogP contribution is -2.46. The van der Waals surface area contributed by atoms with Crippen LogP contribution in [0.15, 0.2) is 94.1 Å². The Morgan fingerprint density at radius 3 is 1.63 bits per heavy atom. The smallest absolute Gasteiger partial charge is 0.424 e. The largest absolute Gasteiger partial charge is 0.479 e. The van der Waals surface area contributed by atoms with Gasteiger partial charge in [0.25, 0.3) is 23.6 Å². The average Bonchev–Trinajstić information content (AvgIpc) is 4.09. The molecule has 332 valence electrons. The van der Waals surface area contributed by atoms with Crippen molar-refractivity contribution in [3.8, 4) is 27.6 Å². The molecule has 6 amide bonds. The molecule has 15 nitrogen and oxygen atoms in total. The first kappa shape index (κ1) is 43.5. The first-order chi connectivity index (χ1) is 32.4. The highest BCUT2D eigenvalue weighted by molar-refractivity contribution is 7.34. The van der Waals surface area contributed by atoms with Crippen molar-refractivity contribution in [3.63, 3.8) is 0 Å². The SMILES string of the molecule is CC1=C(C#N)C(=O)N(C(=O)OCc2ccccc2)C(=O)/C1=C/c1nc2sc3c(c2s1)OC1(CCCCC1)c1c-3sc2nc(/C=C3/C(=O)N(C(=O)OCc4ccccc4)C(=O)C(C#N)=C3C)sc12. The zero-order valence-corrected chi connectivity index (χ0v) is 38.6. The van der Waals surface area contributed by atoms with Gasteiger partial charge in [-0.15, -0.1) is 45.3 Å². The van der Waals surface area contributed by atoms with Crippen molar-refractivity contribution >= 4 is 112 Å². The third-order valence-electron chi connectivity index (χ3n) is 11.9. The fourth-order valence-electron chi connectivity index (χ4n) is 8.55. The van der Waals surface area contributed by atoms with Crippen LogP contribution in [-0.2, 0) is 47.5 Å². The number of nitrogens with zero attached hydrogens (tertiary/aromatic N) is 6. The molecule has 6 aromatic rings. The zero-order valence-electron chi connectivity index (χ0n) is 35.4. The maximum absolute atomic E-state index is 13.9. The van der Waals surface area contributed by atoms with Crippen LogP contribution in [0.5, 0.6) is 5.75 Å². The van der Waals surface area contributed by atoms with Gasteiger partial charge in [-0.3, -0.25) is 19.2 Å². The van der Waals surface area contributed by atoms with Gasteiger partial charge in [0, 0.05) is 16.7 Å². The van der Waals surface area contributed by atoms with Crippen LogP contribution in [0.25, 0.3) is 41.0 Å². The minimum Gasteiger partial charge on any atom is -0.479 e. The van der Waals surface area contributed by atoms with Crippen LogP contribution in [0, 0.1) is 22.7 Å². The molecule has 0 saturated heterocycles. The Morgan fingerprint density at radius 1 is 0.672 bits per heavy atom. The topological polar surface area (TPSA) is 210 Å². The Labute approximate surface area is 396 Å². The first-order valence-corrected chi connectivity index (χ1v) is 24.1. The summed E-state index contributed by atoms with van der Waals surface area (Å²) in [7, 11) is 0. The molecule has 1 saturated carbocycles. The van der Waals surface area contributed by atoms with Gasteiger partial charge in [-0.25, -0.2) is 19.6 Å². The maximum atomic E-state index is 13.9. The van der Waals surface area contributed by atoms with Crippen molar-refractivity contribution in [3.05, 3.63) is 121 Å². The van der Waals surface area contributed by atoms with Crippen LogP contribution in [0.3, 0.4) is 0 Å². The molecule has 7 heterocycles. The number of ether oxygens (including phenoxy) is 3. The summed E-state index contributed by atoms with van der Waals surface area (Å²) in [5, 5.41) is 20.7. The molecule has 0 atom stereocenters. The summed E-state index contributed by atoms with van der Waals surface area (Å²) in [6.45, 7) is 2.60. The molecule has 67 heavy (non-hydrogen) atoms. The highest BCUT2D eigenvalue weighted by Gasteiger charge is 2.48. The van der Waals surface area contributed by atoms with Crippen molar-refractivity contribution in [1.29, 1.82) is 10.5 Å². The van der Waals surface area contributed by atoms with Gasteiger partial charge in [0.05, 0.1) is 14.5 Å². The van der Waals surface area contributed by atoms with Gasteiger partial charge in [0.2, 0.25) is 0 Å². The van der Waals surface area contributed by atoms with Gasteiger partial charge in [-0.2, -0.15) is 20.3 Å². The van der Waals surface area contributed by atoms with E-state index in [1.165, 1.54) is 71.3 Å². The van der Waals surface area contributed by atoms with Crippen molar-refractivity contribution < 1.29 is 43.0 Å². The number of benzene rings is 2. The highest BCUT2D eigenvalue weighted by atomic mass is 32.1. The molecule has 1 fully saturated rings. The molecule has 19 heteroatoms. The van der Waals surface area contributed by atoms with Crippen molar-refractivity contribution in [2.24, 2.45) is 0 Å². The Bertz CT molecular complexity index is 3390. The third kappa shape index (κ3) is 7.36. The van der Waals surface area contributed by atoms with Gasteiger partial charge in [-0.05, 0) is 74.0 Å². The number of carbonyl (C=O) groups is 6. The lowest BCUT2D eigenvalue weighted by molar-refractivity contribution is -0.140. The lowest BCUT2D eigenvalue weighted by Gasteiger charge is -2.40. The molecular weight excluding hydrogens is 933 g/mol. The molecule has 10 rings (SSSR count). The Hall–Kier alpha value is -7.42. The average molecular weight is 965 g/mol. The Balaban J connectivity index is 0.985. The number of nitriles is 2. The molecule has 0 radical (unpaired) electrons. The normalized spacial score (nSPS) is 18.1. The van der Waals surface area contributed by atoms with E-state index >= 15 is 0 Å². The number of amides is 6. The molecule has 0 unspecified atom stereocenters. The van der Waals surface area contributed by atoms with E-state index in [0.717, 1.165) is 56.8 Å². The van der Waals surface area contributed by atoms with Crippen LogP contribution in [0.1, 0.15) is 72.7 Å². The van der Waals surface area contributed by atoms with Gasteiger partial charge in [0.15, 0.2) is 5.75 Å². The predicted molar refractivity (Wildman–Crippen MR) is 249 cm³/mol. The van der Waals surface area contributed by atoms with E-state index in [1.54, 1.807) is 60.7 Å². The van der Waals surface area contributed by atoms with Crippen LogP contribution in [-0.4, -0.2) is 55.6 Å². The summed E-state index contributed by atoms with van der Waals surface area (Å²) < 4.78 is 19.4. The summed E-state index contributed by atoms with van der Waals surface area (Å²) in [5.74, 6) is -3.31. The van der Waals surface area contributed by atoms with Crippen molar-refractivity contribution in [1.82, 2.24) is 19.8 Å². The Kier molecular flexibility index (Phi) is 11.1. The quantitative estimate of drug-likeness (QED) is 0.112. The predicted octanol–water partition coefficient (Wildman–Crippen LogP) is 10.1. The van der Waals surface area contributed by atoms with E-state index < -0.39 is 41.4 Å². The highest BCUT2D eigenvalue weighted by Crippen LogP contribution is 2.62. The minimum atomic E-state index is -1.20. The number of rotatable bonds is 6. The maximum Gasteiger partial charge on any atom is 0.424 e.